The minimum atomic E-state index is -1.34. The number of imide groups is 1. The largest absolute Gasteiger partial charge is 0.339 e. The number of urea groups is 1. The fourth-order valence-corrected chi connectivity index (χ4v) is 5.87. The number of hydrogen-bond donors (Lipinski definition) is 0. The monoisotopic (exact) mass is 547 g/mol. The van der Waals surface area contributed by atoms with Crippen LogP contribution in [-0.2, 0) is 16.0 Å². The zero-order valence-corrected chi connectivity index (χ0v) is 22.0. The Kier molecular flexibility index (Phi) is 6.82. The molecule has 2 aliphatic rings. The highest BCUT2D eigenvalue weighted by molar-refractivity contribution is 6.35. The van der Waals surface area contributed by atoms with Crippen LogP contribution in [0.15, 0.2) is 67.0 Å². The van der Waals surface area contributed by atoms with E-state index < -0.39 is 23.4 Å². The first-order chi connectivity index (χ1) is 18.2. The number of nitrogens with zero attached hydrogens (tertiary/aromatic N) is 5. The van der Waals surface area contributed by atoms with Crippen molar-refractivity contribution >= 4 is 46.7 Å². The van der Waals surface area contributed by atoms with Gasteiger partial charge in [0.25, 0.3) is 5.91 Å². The molecular weight excluding hydrogens is 525 g/mol. The van der Waals surface area contributed by atoms with E-state index in [1.807, 2.05) is 12.1 Å². The molecule has 2 aromatic carbocycles. The molecule has 8 nitrogen and oxygen atoms in total. The molecule has 3 aromatic rings. The minimum Gasteiger partial charge on any atom is -0.339 e. The third-order valence-corrected chi connectivity index (χ3v) is 7.75. The summed E-state index contributed by atoms with van der Waals surface area (Å²) in [5.41, 5.74) is 1.09. The van der Waals surface area contributed by atoms with Crippen LogP contribution in [0.5, 0.6) is 0 Å². The van der Waals surface area contributed by atoms with Gasteiger partial charge in [0.15, 0.2) is 0 Å². The number of aryl methyl sites for hydroxylation is 1. The van der Waals surface area contributed by atoms with E-state index in [4.69, 9.17) is 23.2 Å². The van der Waals surface area contributed by atoms with E-state index >= 15 is 0 Å². The van der Waals surface area contributed by atoms with Crippen LogP contribution in [0.2, 0.25) is 10.0 Å². The number of carbonyl (C=O) groups is 3. The van der Waals surface area contributed by atoms with Crippen molar-refractivity contribution in [3.8, 4) is 6.07 Å². The van der Waals surface area contributed by atoms with Gasteiger partial charge in [0.05, 0.1) is 23.9 Å². The van der Waals surface area contributed by atoms with E-state index in [1.165, 1.54) is 23.1 Å². The highest BCUT2D eigenvalue weighted by Crippen LogP contribution is 2.46. The molecule has 2 aliphatic heterocycles. The fraction of sp³-hybridized carbons (Fsp3) is 0.250. The molecule has 192 valence electrons. The summed E-state index contributed by atoms with van der Waals surface area (Å²) in [4.78, 5) is 49.4. The van der Waals surface area contributed by atoms with Gasteiger partial charge in [0.2, 0.25) is 5.91 Å². The van der Waals surface area contributed by atoms with Crippen molar-refractivity contribution in [3.05, 3.63) is 93.7 Å². The predicted octanol–water partition coefficient (Wildman–Crippen LogP) is 4.66. The third kappa shape index (κ3) is 4.38. The quantitative estimate of drug-likeness (QED) is 0.433. The molecule has 0 aliphatic carbocycles. The molecule has 1 spiro atoms. The number of likely N-dealkylation sites (N-methyl/N-ethyl adjacent to an activating group) is 1. The molecule has 0 saturated carbocycles. The van der Waals surface area contributed by atoms with Gasteiger partial charge in [-0.15, -0.1) is 0 Å². The maximum absolute atomic E-state index is 14.2. The number of rotatable bonds is 5. The number of likely N-dealkylation sites (tertiary alicyclic amines) is 1. The number of carbonyl (C=O) groups excluding carboxylic acids is 3. The first-order valence-electron chi connectivity index (χ1n) is 12.0. The molecule has 2 saturated heterocycles. The molecule has 3 heterocycles. The first-order valence-corrected chi connectivity index (χ1v) is 12.8. The summed E-state index contributed by atoms with van der Waals surface area (Å²) in [5.74, 6) is -1.10. The molecule has 0 N–H and O–H groups in total. The van der Waals surface area contributed by atoms with Crippen LogP contribution >= 0.6 is 23.2 Å². The number of aromatic nitrogens is 1. The summed E-state index contributed by atoms with van der Waals surface area (Å²) >= 11 is 12.4. The second kappa shape index (κ2) is 10.1. The fourth-order valence-electron chi connectivity index (χ4n) is 5.35. The van der Waals surface area contributed by atoms with Crippen LogP contribution < -0.4 is 4.90 Å². The molecule has 10 heteroatoms. The van der Waals surface area contributed by atoms with Gasteiger partial charge in [0.1, 0.15) is 5.54 Å². The van der Waals surface area contributed by atoms with E-state index in [1.54, 1.807) is 48.6 Å². The highest BCUT2D eigenvalue weighted by atomic mass is 35.5. The third-order valence-electron chi connectivity index (χ3n) is 7.31. The van der Waals surface area contributed by atoms with Crippen LogP contribution in [0, 0.1) is 11.3 Å². The number of amides is 4. The van der Waals surface area contributed by atoms with E-state index in [-0.39, 0.29) is 31.1 Å². The molecule has 5 rings (SSSR count). The lowest BCUT2D eigenvalue weighted by molar-refractivity contribution is -0.131. The first kappa shape index (κ1) is 25.7. The zero-order chi connectivity index (χ0) is 27.0. The van der Waals surface area contributed by atoms with Crippen molar-refractivity contribution in [2.24, 2.45) is 0 Å². The minimum absolute atomic E-state index is 0.0371. The topological polar surface area (TPSA) is 97.6 Å². The second-order valence-corrected chi connectivity index (χ2v) is 10.3. The van der Waals surface area contributed by atoms with Crippen LogP contribution in [-0.4, -0.2) is 58.3 Å². The summed E-state index contributed by atoms with van der Waals surface area (Å²) in [6.45, 7) is 0.278. The van der Waals surface area contributed by atoms with Gasteiger partial charge in [-0.05, 0) is 53.9 Å². The summed E-state index contributed by atoms with van der Waals surface area (Å²) in [7, 11) is 1.58. The van der Waals surface area contributed by atoms with Crippen molar-refractivity contribution in [3.63, 3.8) is 0 Å². The van der Waals surface area contributed by atoms with E-state index in [2.05, 4.69) is 11.1 Å². The van der Waals surface area contributed by atoms with Crippen molar-refractivity contribution in [2.75, 3.05) is 25.0 Å². The molecule has 2 fully saturated rings. The van der Waals surface area contributed by atoms with Gasteiger partial charge in [-0.2, -0.15) is 5.26 Å². The smallest absolute Gasteiger partial charge is 0.332 e. The van der Waals surface area contributed by atoms with Gasteiger partial charge < -0.3 is 9.80 Å². The summed E-state index contributed by atoms with van der Waals surface area (Å²) < 4.78 is 0. The van der Waals surface area contributed by atoms with Gasteiger partial charge in [-0.25, -0.2) is 9.69 Å². The lowest BCUT2D eigenvalue weighted by Crippen LogP contribution is -2.54. The highest BCUT2D eigenvalue weighted by Gasteiger charge is 2.64. The Morgan fingerprint density at radius 2 is 1.84 bits per heavy atom. The number of pyridine rings is 1. The molecule has 2 atom stereocenters. The van der Waals surface area contributed by atoms with Crippen molar-refractivity contribution < 1.29 is 14.4 Å². The molecule has 0 bridgehead atoms. The normalized spacial score (nSPS) is 20.9. The molecule has 1 aromatic heterocycles. The summed E-state index contributed by atoms with van der Waals surface area (Å²) in [5, 5.41) is 9.83. The average Bonchev–Trinajstić information content (AvgIpc) is 3.40. The second-order valence-electron chi connectivity index (χ2n) is 9.46. The van der Waals surface area contributed by atoms with E-state index in [0.29, 0.717) is 22.0 Å². The number of halogens is 2. The summed E-state index contributed by atoms with van der Waals surface area (Å²) in [6, 6.07) is 16.7. The van der Waals surface area contributed by atoms with E-state index in [9.17, 15) is 19.6 Å². The summed E-state index contributed by atoms with van der Waals surface area (Å²) in [6.07, 6.45) is 4.14. The molecule has 4 amide bonds. The van der Waals surface area contributed by atoms with Crippen LogP contribution in [0.4, 0.5) is 10.5 Å². The zero-order valence-electron chi connectivity index (χ0n) is 20.5. The van der Waals surface area contributed by atoms with Gasteiger partial charge in [0, 0.05) is 48.4 Å². The Morgan fingerprint density at radius 1 is 1.13 bits per heavy atom. The van der Waals surface area contributed by atoms with Gasteiger partial charge >= 0.3 is 6.03 Å². The van der Waals surface area contributed by atoms with Crippen LogP contribution in [0.3, 0.4) is 0 Å². The van der Waals surface area contributed by atoms with E-state index in [0.717, 1.165) is 16.0 Å². The van der Waals surface area contributed by atoms with Crippen LogP contribution in [0.1, 0.15) is 29.0 Å². The van der Waals surface area contributed by atoms with Crippen molar-refractivity contribution in [1.82, 2.24) is 14.8 Å². The SMILES string of the molecule is CN1C(=O)N(c2cc(Cl)cc(Cl)c2)C(=O)C12CN(C(=O)CCc1cccnc1)C[C@H]2c1ccc(C#N)cc1. The average molecular weight is 548 g/mol. The Morgan fingerprint density at radius 3 is 2.47 bits per heavy atom. The van der Waals surface area contributed by atoms with Crippen molar-refractivity contribution in [2.45, 2.75) is 24.3 Å². The standard InChI is InChI=1S/C28H23Cl2N5O3/c1-33-27(38)35(23-12-21(29)11-22(30)13-23)26(37)28(33)17-34(25(36)9-6-19-3-2-10-32-15-19)16-24(28)20-7-4-18(14-31)5-8-20/h2-5,7-8,10-13,15,24H,6,9,16-17H2,1H3/t24-,28?/m0/s1. The predicted molar refractivity (Wildman–Crippen MR) is 143 cm³/mol. The Labute approximate surface area is 230 Å². The Balaban J connectivity index is 1.52. The molecule has 1 unspecified atom stereocenters. The van der Waals surface area contributed by atoms with Crippen LogP contribution in [0.25, 0.3) is 0 Å². The van der Waals surface area contributed by atoms with Crippen molar-refractivity contribution in [1.29, 1.82) is 5.26 Å². The lowest BCUT2D eigenvalue weighted by Gasteiger charge is -2.33. The molecular formula is C28H23Cl2N5O3. The van der Waals surface area contributed by atoms with Gasteiger partial charge in [-0.3, -0.25) is 14.6 Å². The maximum atomic E-state index is 14.2. The van der Waals surface area contributed by atoms with Gasteiger partial charge in [-0.1, -0.05) is 41.4 Å². The number of hydrogen-bond acceptors (Lipinski definition) is 5. The number of anilines is 1. The molecule has 0 radical (unpaired) electrons. The number of benzene rings is 2. The Hall–Kier alpha value is -3.93. The Bertz CT molecular complexity index is 1440. The molecule has 38 heavy (non-hydrogen) atoms. The number of nitriles is 1. The lowest BCUT2D eigenvalue weighted by atomic mass is 9.80. The maximum Gasteiger partial charge on any atom is 0.332 e.